The number of carboxylic acids is 1. The van der Waals surface area contributed by atoms with Gasteiger partial charge in [0.25, 0.3) is 5.91 Å². The van der Waals surface area contributed by atoms with Crippen molar-refractivity contribution in [1.82, 2.24) is 25.4 Å². The molecule has 1 unspecified atom stereocenters. The van der Waals surface area contributed by atoms with Crippen LogP contribution < -0.4 is 10.6 Å². The second-order valence-corrected chi connectivity index (χ2v) is 18.1. The number of hydrogen-bond donors (Lipinski definition) is 3. The minimum Gasteiger partial charge on any atom is -0.481 e. The second-order valence-electron chi connectivity index (χ2n) is 17.2. The summed E-state index contributed by atoms with van der Waals surface area (Å²) in [6, 6.07) is 7.47. The predicted molar refractivity (Wildman–Crippen MR) is 231 cm³/mol. The molecular weight excluding hydrogens is 787 g/mol. The van der Waals surface area contributed by atoms with Crippen molar-refractivity contribution in [2.45, 2.75) is 150 Å². The van der Waals surface area contributed by atoms with Gasteiger partial charge in [-0.05, 0) is 81.9 Å². The van der Waals surface area contributed by atoms with E-state index in [1.54, 1.807) is 17.2 Å². The van der Waals surface area contributed by atoms with Gasteiger partial charge in [-0.3, -0.25) is 33.7 Å². The number of likely N-dealkylation sites (N-methyl/N-ethyl adjacent to an activating group) is 1. The third-order valence-electron chi connectivity index (χ3n) is 11.3. The Balaban J connectivity index is 1.83. The maximum Gasteiger partial charge on any atom is 0.307 e. The van der Waals surface area contributed by atoms with Crippen LogP contribution in [-0.2, 0) is 39.9 Å². The first-order valence-electron chi connectivity index (χ1n) is 21.6. The number of nitrogens with zero attached hydrogens (tertiary/aromatic N) is 3. The van der Waals surface area contributed by atoms with Crippen molar-refractivity contribution in [2.24, 2.45) is 23.7 Å². The molecule has 3 N–H and O–H groups in total. The number of likely N-dealkylation sites (tertiary alicyclic amines) is 1. The van der Waals surface area contributed by atoms with Gasteiger partial charge in [0.2, 0.25) is 11.8 Å². The van der Waals surface area contributed by atoms with E-state index in [-0.39, 0.29) is 60.9 Å². The molecule has 3 amide bonds. The Kier molecular flexibility index (Phi) is 20.6. The number of hydrogen-bond acceptors (Lipinski definition) is 11. The summed E-state index contributed by atoms with van der Waals surface area (Å²) in [5.41, 5.74) is 1.08. The lowest BCUT2D eigenvalue weighted by molar-refractivity contribution is -0.159. The summed E-state index contributed by atoms with van der Waals surface area (Å²) < 4.78 is 11.5. The van der Waals surface area contributed by atoms with E-state index in [9.17, 15) is 33.9 Å². The van der Waals surface area contributed by atoms with Crippen LogP contribution >= 0.6 is 11.3 Å². The van der Waals surface area contributed by atoms with Crippen molar-refractivity contribution in [3.63, 3.8) is 0 Å². The van der Waals surface area contributed by atoms with E-state index in [1.807, 2.05) is 83.8 Å². The highest BCUT2D eigenvalue weighted by Crippen LogP contribution is 2.30. The minimum absolute atomic E-state index is 0.0641. The summed E-state index contributed by atoms with van der Waals surface area (Å²) in [5, 5.41) is 17.7. The van der Waals surface area contributed by atoms with Gasteiger partial charge >= 0.3 is 17.9 Å². The van der Waals surface area contributed by atoms with Crippen LogP contribution in [0.3, 0.4) is 0 Å². The second kappa shape index (κ2) is 24.8. The number of aliphatic carboxylic acids is 1. The molecule has 15 heteroatoms. The van der Waals surface area contributed by atoms with E-state index in [2.05, 4.69) is 15.6 Å². The highest BCUT2D eigenvalue weighted by molar-refractivity contribution is 7.09. The number of piperidine rings is 1. The van der Waals surface area contributed by atoms with Gasteiger partial charge in [-0.2, -0.15) is 0 Å². The fraction of sp³-hybridized carbons (Fsp3) is 0.667. The Morgan fingerprint density at radius 2 is 1.70 bits per heavy atom. The van der Waals surface area contributed by atoms with Crippen molar-refractivity contribution in [3.05, 3.63) is 52.0 Å². The fourth-order valence-electron chi connectivity index (χ4n) is 7.59. The van der Waals surface area contributed by atoms with Gasteiger partial charge in [-0.25, -0.2) is 4.98 Å². The van der Waals surface area contributed by atoms with Gasteiger partial charge in [0.15, 0.2) is 12.8 Å². The van der Waals surface area contributed by atoms with E-state index in [1.165, 1.54) is 18.3 Å². The van der Waals surface area contributed by atoms with Gasteiger partial charge in [0.05, 0.1) is 12.0 Å². The lowest BCUT2D eigenvalue weighted by atomic mass is 9.92. The average Bonchev–Trinajstić information content (AvgIpc) is 3.69. The zero-order valence-corrected chi connectivity index (χ0v) is 37.9. The van der Waals surface area contributed by atoms with E-state index in [4.69, 9.17) is 9.47 Å². The Bertz CT molecular complexity index is 1700. The van der Waals surface area contributed by atoms with Gasteiger partial charge < -0.3 is 30.1 Å². The Hall–Kier alpha value is -4.37. The van der Waals surface area contributed by atoms with E-state index < -0.39 is 54.0 Å². The van der Waals surface area contributed by atoms with Crippen LogP contribution in [0.5, 0.6) is 0 Å². The minimum atomic E-state index is -0.952. The maximum atomic E-state index is 14.7. The molecular formula is C45H69N5O9S. The molecule has 1 aromatic heterocycles. The first-order valence-corrected chi connectivity index (χ1v) is 22.5. The van der Waals surface area contributed by atoms with Crippen molar-refractivity contribution >= 4 is 47.0 Å². The number of carbonyl (C=O) groups excluding carboxylic acids is 5. The fourth-order valence-corrected chi connectivity index (χ4v) is 8.45. The van der Waals surface area contributed by atoms with Gasteiger partial charge in [0, 0.05) is 30.8 Å². The summed E-state index contributed by atoms with van der Waals surface area (Å²) in [6.45, 7) is 15.2. The molecule has 2 aromatic rings. The zero-order chi connectivity index (χ0) is 44.5. The third kappa shape index (κ3) is 15.9. The standard InChI is InChI=1S/C45H69N5O9S/c1-10-30(6)40(48-42(54)37-19-14-15-22-49(37)9)44(55)50(27-58-39(52)23-28(2)3)36(29(4)5)20-16-21-38(59-32(8)51)43-47-35(26-60-43)41(53)46-34(24-31(7)45(56)57)25-33-17-12-11-13-18-33/h11-13,17-18,26,28-31,34,36-38,40H,10,14-16,19-25,27H2,1-9H3,(H,46,53)(H,48,54)(H,56,57)/t30-,31-,34+,36?,37+,38+,40-/m0/s1. The number of ether oxygens (including phenoxy) is 2. The van der Waals surface area contributed by atoms with E-state index in [0.717, 1.165) is 24.9 Å². The van der Waals surface area contributed by atoms with Gasteiger partial charge in [-0.15, -0.1) is 11.3 Å². The van der Waals surface area contributed by atoms with Crippen LogP contribution in [0.25, 0.3) is 0 Å². The summed E-state index contributed by atoms with van der Waals surface area (Å²) in [4.78, 5) is 86.9. The summed E-state index contributed by atoms with van der Waals surface area (Å²) in [7, 11) is 1.93. The largest absolute Gasteiger partial charge is 0.481 e. The number of rotatable bonds is 24. The van der Waals surface area contributed by atoms with Crippen molar-refractivity contribution in [2.75, 3.05) is 20.3 Å². The number of thiazole rings is 1. The van der Waals surface area contributed by atoms with Crippen LogP contribution in [0.15, 0.2) is 35.7 Å². The molecule has 7 atom stereocenters. The first-order chi connectivity index (χ1) is 28.4. The molecule has 2 heterocycles. The van der Waals surface area contributed by atoms with Crippen LogP contribution in [-0.4, -0.2) is 100 Å². The normalized spacial score (nSPS) is 17.5. The summed E-state index contributed by atoms with van der Waals surface area (Å²) >= 11 is 1.19. The molecule has 1 aliphatic rings. The summed E-state index contributed by atoms with van der Waals surface area (Å²) in [5.74, 6) is -3.75. The Morgan fingerprint density at radius 3 is 2.30 bits per heavy atom. The molecule has 60 heavy (non-hydrogen) atoms. The third-order valence-corrected chi connectivity index (χ3v) is 12.2. The van der Waals surface area contributed by atoms with Crippen LogP contribution in [0.4, 0.5) is 0 Å². The quantitative estimate of drug-likeness (QED) is 0.0747. The number of esters is 2. The highest BCUT2D eigenvalue weighted by atomic mass is 32.1. The molecule has 1 aliphatic heterocycles. The molecule has 0 aliphatic carbocycles. The molecule has 334 valence electrons. The number of nitrogens with one attached hydrogen (secondary N) is 2. The first kappa shape index (κ1) is 50.0. The van der Waals surface area contributed by atoms with E-state index in [0.29, 0.717) is 43.5 Å². The maximum absolute atomic E-state index is 14.7. The molecule has 0 saturated carbocycles. The van der Waals surface area contributed by atoms with Gasteiger partial charge in [0.1, 0.15) is 16.7 Å². The number of carbonyl (C=O) groups is 6. The Morgan fingerprint density at radius 1 is 1.00 bits per heavy atom. The molecule has 0 spiro atoms. The molecule has 3 rings (SSSR count). The Labute approximate surface area is 360 Å². The summed E-state index contributed by atoms with van der Waals surface area (Å²) in [6.07, 6.45) is 4.64. The lowest BCUT2D eigenvalue weighted by Gasteiger charge is -2.39. The molecule has 1 saturated heterocycles. The molecule has 1 aromatic carbocycles. The predicted octanol–water partition coefficient (Wildman–Crippen LogP) is 6.78. The number of benzene rings is 1. The SMILES string of the molecule is CC[C@H](C)[C@H](NC(=O)[C@H]1CCCCN1C)C(=O)N(COC(=O)CC(C)C)C(CCC[C@@H](OC(C)=O)c1nc(C(=O)N[C@@H](Cc2ccccc2)C[C@H](C)C(=O)O)cs1)C(C)C. The molecule has 1 fully saturated rings. The average molecular weight is 856 g/mol. The number of carboxylic acid groups (broad SMARTS) is 1. The van der Waals surface area contributed by atoms with Crippen LogP contribution in [0.2, 0.25) is 0 Å². The van der Waals surface area contributed by atoms with Crippen molar-refractivity contribution in [1.29, 1.82) is 0 Å². The smallest absolute Gasteiger partial charge is 0.307 e. The highest BCUT2D eigenvalue weighted by Gasteiger charge is 2.38. The monoisotopic (exact) mass is 855 g/mol. The lowest BCUT2D eigenvalue weighted by Crippen LogP contribution is -2.59. The molecule has 14 nitrogen and oxygen atoms in total. The molecule has 0 bridgehead atoms. The van der Waals surface area contributed by atoms with Crippen molar-refractivity contribution < 1.29 is 43.3 Å². The van der Waals surface area contributed by atoms with E-state index >= 15 is 0 Å². The number of amides is 3. The van der Waals surface area contributed by atoms with Crippen LogP contribution in [0, 0.1) is 23.7 Å². The van der Waals surface area contributed by atoms with Gasteiger partial charge in [-0.1, -0.05) is 91.6 Å². The number of aromatic nitrogens is 1. The topological polar surface area (TPSA) is 185 Å². The van der Waals surface area contributed by atoms with Crippen LogP contribution in [0.1, 0.15) is 140 Å². The van der Waals surface area contributed by atoms with Crippen molar-refractivity contribution in [3.8, 4) is 0 Å². The zero-order valence-electron chi connectivity index (χ0n) is 37.1. The molecule has 0 radical (unpaired) electrons.